The molecule has 98 valence electrons. The number of benzene rings is 1. The third-order valence-corrected chi connectivity index (χ3v) is 3.58. The Morgan fingerprint density at radius 2 is 2.11 bits per heavy atom. The van der Waals surface area contributed by atoms with Crippen LogP contribution in [0.1, 0.15) is 15.2 Å². The van der Waals surface area contributed by atoms with Gasteiger partial charge in [-0.15, -0.1) is 0 Å². The molecular formula is C12H10N2O4S. The number of nitrogens with zero attached hydrogens (tertiary/aromatic N) is 1. The van der Waals surface area contributed by atoms with Crippen molar-refractivity contribution in [2.75, 3.05) is 5.32 Å². The maximum atomic E-state index is 11.9. The summed E-state index contributed by atoms with van der Waals surface area (Å²) in [5.74, 6) is -0.359. The number of phenols is 1. The monoisotopic (exact) mass is 278 g/mol. The van der Waals surface area contributed by atoms with E-state index in [1.54, 1.807) is 19.1 Å². The molecule has 0 aliphatic rings. The van der Waals surface area contributed by atoms with Gasteiger partial charge in [0.2, 0.25) is 0 Å². The molecule has 1 aromatic heterocycles. The topological polar surface area (TPSA) is 92.5 Å². The molecule has 0 aliphatic carbocycles. The first-order valence-corrected chi connectivity index (χ1v) is 6.15. The molecule has 0 unspecified atom stereocenters. The summed E-state index contributed by atoms with van der Waals surface area (Å²) in [6, 6.07) is 7.45. The fourth-order valence-electron chi connectivity index (χ4n) is 1.49. The van der Waals surface area contributed by atoms with Crippen molar-refractivity contribution in [2.45, 2.75) is 6.92 Å². The van der Waals surface area contributed by atoms with Gasteiger partial charge in [0, 0.05) is 17.3 Å². The molecule has 1 aromatic carbocycles. The highest BCUT2D eigenvalue weighted by Gasteiger charge is 2.16. The van der Waals surface area contributed by atoms with Gasteiger partial charge in [0.05, 0.1) is 9.80 Å². The van der Waals surface area contributed by atoms with Crippen molar-refractivity contribution in [3.63, 3.8) is 0 Å². The number of phenolic OH excluding ortho intramolecular Hbond substituents is 1. The second kappa shape index (κ2) is 5.07. The highest BCUT2D eigenvalue weighted by atomic mass is 32.1. The van der Waals surface area contributed by atoms with Gasteiger partial charge in [0.1, 0.15) is 5.75 Å². The van der Waals surface area contributed by atoms with Crippen LogP contribution in [0.15, 0.2) is 30.3 Å². The second-order valence-electron chi connectivity index (χ2n) is 3.80. The number of nitro groups is 1. The average Bonchev–Trinajstić information content (AvgIpc) is 2.84. The van der Waals surface area contributed by atoms with E-state index in [0.29, 0.717) is 11.3 Å². The highest BCUT2D eigenvalue weighted by molar-refractivity contribution is 7.17. The summed E-state index contributed by atoms with van der Waals surface area (Å²) >= 11 is 0.805. The lowest BCUT2D eigenvalue weighted by Gasteiger charge is -2.08. The molecule has 0 saturated heterocycles. The molecule has 0 radical (unpaired) electrons. The summed E-state index contributed by atoms with van der Waals surface area (Å²) in [6.45, 7) is 1.67. The fourth-order valence-corrected chi connectivity index (χ4v) is 2.21. The van der Waals surface area contributed by atoms with Crippen molar-refractivity contribution < 1.29 is 14.8 Å². The molecule has 2 N–H and O–H groups in total. The quantitative estimate of drug-likeness (QED) is 0.667. The van der Waals surface area contributed by atoms with Crippen molar-refractivity contribution in [1.29, 1.82) is 0 Å². The summed E-state index contributed by atoms with van der Waals surface area (Å²) < 4.78 is 0. The maximum Gasteiger partial charge on any atom is 0.324 e. The van der Waals surface area contributed by atoms with Crippen LogP contribution in [0.4, 0.5) is 10.7 Å². The zero-order valence-electron chi connectivity index (χ0n) is 9.91. The molecular weight excluding hydrogens is 268 g/mol. The molecule has 0 atom stereocenters. The van der Waals surface area contributed by atoms with Gasteiger partial charge in [-0.25, -0.2) is 0 Å². The van der Waals surface area contributed by atoms with Crippen LogP contribution < -0.4 is 5.32 Å². The third-order valence-electron chi connectivity index (χ3n) is 2.55. The number of amides is 1. The molecule has 0 aliphatic heterocycles. The first kappa shape index (κ1) is 13.0. The van der Waals surface area contributed by atoms with Gasteiger partial charge in [-0.05, 0) is 25.1 Å². The Labute approximate surface area is 112 Å². The Hall–Kier alpha value is -2.41. The summed E-state index contributed by atoms with van der Waals surface area (Å²) in [4.78, 5) is 22.2. The van der Waals surface area contributed by atoms with Gasteiger partial charge in [0.15, 0.2) is 0 Å². The molecule has 1 heterocycles. The van der Waals surface area contributed by atoms with Crippen LogP contribution in [-0.2, 0) is 0 Å². The SMILES string of the molecule is Cc1c(O)cccc1NC(=O)c1ccc([N+](=O)[O-])s1. The van der Waals surface area contributed by atoms with Gasteiger partial charge >= 0.3 is 5.00 Å². The predicted octanol–water partition coefficient (Wildman–Crippen LogP) is 2.92. The lowest BCUT2D eigenvalue weighted by Crippen LogP contribution is -2.11. The Bertz CT molecular complexity index is 651. The zero-order chi connectivity index (χ0) is 14.0. The first-order chi connectivity index (χ1) is 8.99. The van der Waals surface area contributed by atoms with Gasteiger partial charge in [-0.2, -0.15) is 0 Å². The van der Waals surface area contributed by atoms with E-state index in [4.69, 9.17) is 0 Å². The van der Waals surface area contributed by atoms with E-state index >= 15 is 0 Å². The third kappa shape index (κ3) is 2.71. The van der Waals surface area contributed by atoms with Crippen molar-refractivity contribution in [1.82, 2.24) is 0 Å². The lowest BCUT2D eigenvalue weighted by molar-refractivity contribution is -0.380. The molecule has 7 heteroatoms. The van der Waals surface area contributed by atoms with Gasteiger partial charge in [0.25, 0.3) is 5.91 Å². The number of hydrogen-bond donors (Lipinski definition) is 2. The Balaban J connectivity index is 2.21. The summed E-state index contributed by atoms with van der Waals surface area (Å²) in [5, 5.41) is 22.6. The van der Waals surface area contributed by atoms with Crippen molar-refractivity contribution in [3.05, 3.63) is 50.9 Å². The van der Waals surface area contributed by atoms with E-state index < -0.39 is 10.8 Å². The van der Waals surface area contributed by atoms with E-state index in [0.717, 1.165) is 11.3 Å². The number of hydrogen-bond acceptors (Lipinski definition) is 5. The lowest BCUT2D eigenvalue weighted by atomic mass is 10.2. The summed E-state index contributed by atoms with van der Waals surface area (Å²) in [5.41, 5.74) is 1.02. The van der Waals surface area contributed by atoms with Crippen molar-refractivity contribution in [3.8, 4) is 5.75 Å². The number of carbonyl (C=O) groups is 1. The van der Waals surface area contributed by atoms with Crippen LogP contribution in [0.5, 0.6) is 5.75 Å². The van der Waals surface area contributed by atoms with Crippen molar-refractivity contribution in [2.24, 2.45) is 0 Å². The van der Waals surface area contributed by atoms with E-state index in [1.807, 2.05) is 0 Å². The zero-order valence-corrected chi connectivity index (χ0v) is 10.7. The number of anilines is 1. The maximum absolute atomic E-state index is 11.9. The van der Waals surface area contributed by atoms with Crippen LogP contribution in [0.25, 0.3) is 0 Å². The molecule has 2 rings (SSSR count). The summed E-state index contributed by atoms with van der Waals surface area (Å²) in [6.07, 6.45) is 0. The van der Waals surface area contributed by atoms with Crippen LogP contribution in [0.2, 0.25) is 0 Å². The number of aromatic hydroxyl groups is 1. The molecule has 0 spiro atoms. The van der Waals surface area contributed by atoms with E-state index in [1.165, 1.54) is 18.2 Å². The molecule has 0 saturated carbocycles. The predicted molar refractivity (Wildman–Crippen MR) is 71.8 cm³/mol. The number of nitrogens with one attached hydrogen (secondary N) is 1. The Morgan fingerprint density at radius 1 is 1.37 bits per heavy atom. The fraction of sp³-hybridized carbons (Fsp3) is 0.0833. The minimum atomic E-state index is -0.541. The number of rotatable bonds is 3. The highest BCUT2D eigenvalue weighted by Crippen LogP contribution is 2.27. The standard InChI is InChI=1S/C12H10N2O4S/c1-7-8(3-2-4-9(7)15)13-12(16)10-5-6-11(19-10)14(17)18/h2-6,15H,1H3,(H,13,16). The van der Waals surface area contributed by atoms with Crippen molar-refractivity contribution >= 4 is 27.9 Å². The average molecular weight is 278 g/mol. The number of thiophene rings is 1. The van der Waals surface area contributed by atoms with Crippen LogP contribution in [0.3, 0.4) is 0 Å². The normalized spacial score (nSPS) is 10.2. The van der Waals surface area contributed by atoms with E-state index in [-0.39, 0.29) is 15.6 Å². The largest absolute Gasteiger partial charge is 0.508 e. The molecule has 0 bridgehead atoms. The second-order valence-corrected chi connectivity index (χ2v) is 4.86. The van der Waals surface area contributed by atoms with E-state index in [9.17, 15) is 20.0 Å². The summed E-state index contributed by atoms with van der Waals surface area (Å²) in [7, 11) is 0. The molecule has 1 amide bonds. The van der Waals surface area contributed by atoms with E-state index in [2.05, 4.69) is 5.32 Å². The van der Waals surface area contributed by atoms with Crippen LogP contribution in [-0.4, -0.2) is 15.9 Å². The van der Waals surface area contributed by atoms with Gasteiger partial charge in [-0.3, -0.25) is 14.9 Å². The Morgan fingerprint density at radius 3 is 2.74 bits per heavy atom. The van der Waals surface area contributed by atoms with Crippen LogP contribution >= 0.6 is 11.3 Å². The minimum Gasteiger partial charge on any atom is -0.508 e. The Kier molecular flexibility index (Phi) is 3.48. The van der Waals surface area contributed by atoms with Crippen LogP contribution in [0, 0.1) is 17.0 Å². The molecule has 6 nitrogen and oxygen atoms in total. The smallest absolute Gasteiger partial charge is 0.324 e. The number of carbonyl (C=O) groups excluding carboxylic acids is 1. The first-order valence-electron chi connectivity index (χ1n) is 5.33. The van der Waals surface area contributed by atoms with Gasteiger partial charge in [-0.1, -0.05) is 17.4 Å². The molecule has 2 aromatic rings. The minimum absolute atomic E-state index is 0.0787. The van der Waals surface area contributed by atoms with Gasteiger partial charge < -0.3 is 10.4 Å². The molecule has 0 fully saturated rings. The molecule has 19 heavy (non-hydrogen) atoms.